The Morgan fingerprint density at radius 1 is 1.57 bits per heavy atom. The van der Waals surface area contributed by atoms with E-state index in [4.69, 9.17) is 10.9 Å². The molecule has 0 rings (SSSR count). The minimum atomic E-state index is -3.13. The van der Waals surface area contributed by atoms with Crippen molar-refractivity contribution in [1.82, 2.24) is 4.72 Å². The van der Waals surface area contributed by atoms with Crippen LogP contribution in [0, 0.1) is 0 Å². The van der Waals surface area contributed by atoms with E-state index in [0.29, 0.717) is 25.8 Å². The van der Waals surface area contributed by atoms with Crippen molar-refractivity contribution in [2.45, 2.75) is 26.2 Å². The van der Waals surface area contributed by atoms with E-state index >= 15 is 0 Å². The van der Waals surface area contributed by atoms with Gasteiger partial charge in [0.15, 0.2) is 0 Å². The first kappa shape index (κ1) is 13.2. The number of nitrogens with one attached hydrogen (secondary N) is 1. The molecule has 0 fully saturated rings. The first-order chi connectivity index (χ1) is 6.52. The second-order valence-electron chi connectivity index (χ2n) is 2.91. The summed E-state index contributed by atoms with van der Waals surface area (Å²) in [5.41, 5.74) is 5.20. The van der Waals surface area contributed by atoms with Crippen LogP contribution in [0.3, 0.4) is 0 Å². The van der Waals surface area contributed by atoms with Crippen molar-refractivity contribution < 1.29 is 13.6 Å². The average molecular weight is 223 g/mol. The van der Waals surface area contributed by atoms with Gasteiger partial charge in [0.25, 0.3) is 0 Å². The fourth-order valence-electron chi connectivity index (χ4n) is 0.888. The minimum Gasteiger partial charge on any atom is -0.409 e. The van der Waals surface area contributed by atoms with Crippen molar-refractivity contribution in [3.63, 3.8) is 0 Å². The number of hydrogen-bond donors (Lipinski definition) is 3. The molecule has 0 saturated carbocycles. The molecule has 0 bridgehead atoms. The van der Waals surface area contributed by atoms with E-state index in [1.54, 1.807) is 6.92 Å². The van der Waals surface area contributed by atoms with Crippen LogP contribution in [0.2, 0.25) is 0 Å². The summed E-state index contributed by atoms with van der Waals surface area (Å²) in [7, 11) is -3.13. The Hall–Kier alpha value is -0.820. The van der Waals surface area contributed by atoms with Crippen LogP contribution < -0.4 is 10.5 Å². The largest absolute Gasteiger partial charge is 0.409 e. The molecule has 7 heteroatoms. The molecule has 14 heavy (non-hydrogen) atoms. The van der Waals surface area contributed by atoms with Gasteiger partial charge in [0.1, 0.15) is 5.84 Å². The molecule has 0 aromatic heterocycles. The van der Waals surface area contributed by atoms with Crippen molar-refractivity contribution in [3.05, 3.63) is 0 Å². The maximum absolute atomic E-state index is 11.1. The van der Waals surface area contributed by atoms with Gasteiger partial charge in [-0.05, 0) is 12.8 Å². The zero-order chi connectivity index (χ0) is 11.0. The molecule has 0 aliphatic carbocycles. The molecule has 4 N–H and O–H groups in total. The molecule has 84 valence electrons. The highest BCUT2D eigenvalue weighted by Gasteiger charge is 2.06. The molecule has 0 aromatic carbocycles. The molecule has 6 nitrogen and oxygen atoms in total. The van der Waals surface area contributed by atoms with Gasteiger partial charge in [-0.25, -0.2) is 13.1 Å². The van der Waals surface area contributed by atoms with Gasteiger partial charge in [0.2, 0.25) is 10.0 Å². The maximum atomic E-state index is 11.1. The van der Waals surface area contributed by atoms with Crippen LogP contribution in [-0.4, -0.2) is 31.8 Å². The standard InChI is InChI=1S/C7H17N3O3S/c1-2-6-14(12,13)9-5-3-4-7(8)10-11/h9,11H,2-6H2,1H3,(H2,8,10). The van der Waals surface area contributed by atoms with Gasteiger partial charge in [-0.3, -0.25) is 0 Å². The van der Waals surface area contributed by atoms with Crippen LogP contribution >= 0.6 is 0 Å². The van der Waals surface area contributed by atoms with Crippen LogP contribution in [0.5, 0.6) is 0 Å². The Morgan fingerprint density at radius 3 is 2.71 bits per heavy atom. The van der Waals surface area contributed by atoms with Crippen LogP contribution in [0.25, 0.3) is 0 Å². The Labute approximate surface area is 84.2 Å². The third-order valence-electron chi connectivity index (χ3n) is 1.53. The van der Waals surface area contributed by atoms with E-state index in [0.717, 1.165) is 0 Å². The normalized spacial score (nSPS) is 13.1. The second kappa shape index (κ2) is 6.61. The van der Waals surface area contributed by atoms with Gasteiger partial charge in [-0.2, -0.15) is 0 Å². The van der Waals surface area contributed by atoms with Crippen molar-refractivity contribution >= 4 is 15.9 Å². The van der Waals surface area contributed by atoms with Crippen LogP contribution in [0.1, 0.15) is 26.2 Å². The van der Waals surface area contributed by atoms with E-state index < -0.39 is 10.0 Å². The molecule has 0 atom stereocenters. The SMILES string of the molecule is CCCS(=O)(=O)NCCCC(N)=NO. The quantitative estimate of drug-likeness (QED) is 0.183. The van der Waals surface area contributed by atoms with E-state index in [2.05, 4.69) is 9.88 Å². The maximum Gasteiger partial charge on any atom is 0.211 e. The number of nitrogens with two attached hydrogens (primary N) is 1. The van der Waals surface area contributed by atoms with Gasteiger partial charge in [-0.15, -0.1) is 0 Å². The van der Waals surface area contributed by atoms with Gasteiger partial charge in [-0.1, -0.05) is 12.1 Å². The predicted molar refractivity (Wildman–Crippen MR) is 54.7 cm³/mol. The third-order valence-corrected chi connectivity index (χ3v) is 3.12. The highest BCUT2D eigenvalue weighted by atomic mass is 32.2. The van der Waals surface area contributed by atoms with E-state index in [9.17, 15) is 8.42 Å². The monoisotopic (exact) mass is 223 g/mol. The lowest BCUT2D eigenvalue weighted by molar-refractivity contribution is 0.316. The van der Waals surface area contributed by atoms with Crippen molar-refractivity contribution in [2.24, 2.45) is 10.9 Å². The molecule has 0 unspecified atom stereocenters. The Bertz CT molecular complexity index is 274. The Kier molecular flexibility index (Phi) is 6.22. The molecule has 0 heterocycles. The topological polar surface area (TPSA) is 105 Å². The number of rotatable bonds is 7. The fourth-order valence-corrected chi connectivity index (χ4v) is 2.03. The summed E-state index contributed by atoms with van der Waals surface area (Å²) in [4.78, 5) is 0. The molecule has 0 aliphatic rings. The molecule has 0 amide bonds. The fraction of sp³-hybridized carbons (Fsp3) is 0.857. The third kappa shape index (κ3) is 6.67. The molecule has 0 aliphatic heterocycles. The first-order valence-corrected chi connectivity index (χ1v) is 6.10. The van der Waals surface area contributed by atoms with Crippen LogP contribution in [0.15, 0.2) is 5.16 Å². The molecule has 0 saturated heterocycles. The molecular weight excluding hydrogens is 206 g/mol. The minimum absolute atomic E-state index is 0.111. The number of sulfonamides is 1. The number of oxime groups is 1. The van der Waals surface area contributed by atoms with E-state index in [-0.39, 0.29) is 11.6 Å². The lowest BCUT2D eigenvalue weighted by atomic mass is 10.3. The van der Waals surface area contributed by atoms with Crippen LogP contribution in [-0.2, 0) is 10.0 Å². The molecule has 0 spiro atoms. The summed E-state index contributed by atoms with van der Waals surface area (Å²) >= 11 is 0. The number of hydrogen-bond acceptors (Lipinski definition) is 4. The number of nitrogens with zero attached hydrogens (tertiary/aromatic N) is 1. The first-order valence-electron chi connectivity index (χ1n) is 4.45. The summed E-state index contributed by atoms with van der Waals surface area (Å²) in [5, 5.41) is 11.0. The zero-order valence-electron chi connectivity index (χ0n) is 8.23. The van der Waals surface area contributed by atoms with Gasteiger partial charge >= 0.3 is 0 Å². The average Bonchev–Trinajstić information content (AvgIpc) is 2.12. The summed E-state index contributed by atoms with van der Waals surface area (Å²) in [6.07, 6.45) is 1.50. The predicted octanol–water partition coefficient (Wildman–Crippen LogP) is -0.158. The van der Waals surface area contributed by atoms with Crippen molar-refractivity contribution in [2.75, 3.05) is 12.3 Å². The lowest BCUT2D eigenvalue weighted by Crippen LogP contribution is -2.27. The summed E-state index contributed by atoms with van der Waals surface area (Å²) in [5.74, 6) is 0.246. The second-order valence-corrected chi connectivity index (χ2v) is 4.83. The van der Waals surface area contributed by atoms with Gasteiger partial charge < -0.3 is 10.9 Å². The Morgan fingerprint density at radius 2 is 2.21 bits per heavy atom. The highest BCUT2D eigenvalue weighted by Crippen LogP contribution is 1.91. The summed E-state index contributed by atoms with van der Waals surface area (Å²) in [6.45, 7) is 2.12. The molecule has 0 radical (unpaired) electrons. The number of amidine groups is 1. The zero-order valence-corrected chi connectivity index (χ0v) is 9.05. The Balaban J connectivity index is 3.64. The molecule has 0 aromatic rings. The molecular formula is C7H17N3O3S. The summed E-state index contributed by atoms with van der Waals surface area (Å²) in [6, 6.07) is 0. The lowest BCUT2D eigenvalue weighted by Gasteiger charge is -2.04. The summed E-state index contributed by atoms with van der Waals surface area (Å²) < 4.78 is 24.7. The van der Waals surface area contributed by atoms with Gasteiger partial charge in [0, 0.05) is 13.0 Å². The van der Waals surface area contributed by atoms with Crippen molar-refractivity contribution in [3.8, 4) is 0 Å². The van der Waals surface area contributed by atoms with E-state index in [1.165, 1.54) is 0 Å². The van der Waals surface area contributed by atoms with E-state index in [1.807, 2.05) is 0 Å². The smallest absolute Gasteiger partial charge is 0.211 e. The van der Waals surface area contributed by atoms with Gasteiger partial charge in [0.05, 0.1) is 5.75 Å². The van der Waals surface area contributed by atoms with Crippen molar-refractivity contribution in [1.29, 1.82) is 0 Å². The highest BCUT2D eigenvalue weighted by molar-refractivity contribution is 7.89. The van der Waals surface area contributed by atoms with Crippen LogP contribution in [0.4, 0.5) is 0 Å².